The third-order valence-corrected chi connectivity index (χ3v) is 15.8. The number of ketones is 2. The number of benzene rings is 12. The second kappa shape index (κ2) is 29.4. The summed E-state index contributed by atoms with van der Waals surface area (Å²) in [6.45, 7) is 12.7. The first-order chi connectivity index (χ1) is 45.1. The number of aryl methyl sites for hydroxylation is 4. The Kier molecular flexibility index (Phi) is 20.3. The molecular formula is C81H64F2IrN4O6+. The molecular weight excluding hydrogens is 1360 g/mol. The van der Waals surface area contributed by atoms with Gasteiger partial charge in [-0.2, -0.15) is 0 Å². The van der Waals surface area contributed by atoms with Gasteiger partial charge in [0.1, 0.15) is 59.4 Å². The topological polar surface area (TPSA) is 123 Å². The smallest absolute Gasteiger partial charge is 0.498 e. The van der Waals surface area contributed by atoms with Crippen molar-refractivity contribution in [2.45, 2.75) is 74.4 Å². The number of Topliss-reactive ketones (excluding diaryl/α,β-unsaturated/α-hetero) is 2. The fraction of sp³-hybridized carbons (Fsp3) is 0.136. The van der Waals surface area contributed by atoms with Crippen LogP contribution in [0.2, 0.25) is 0 Å². The Morgan fingerprint density at radius 2 is 0.681 bits per heavy atom. The van der Waals surface area contributed by atoms with Crippen molar-refractivity contribution >= 4 is 76.7 Å². The zero-order valence-electron chi connectivity index (χ0n) is 52.6. The molecule has 0 aliphatic carbocycles. The average molecular weight is 1420 g/mol. The van der Waals surface area contributed by atoms with Crippen LogP contribution in [0.5, 0.6) is 23.0 Å². The van der Waals surface area contributed by atoms with Crippen LogP contribution in [0.15, 0.2) is 219 Å². The monoisotopic (exact) mass is 1420 g/mol. The van der Waals surface area contributed by atoms with Crippen molar-refractivity contribution in [2.24, 2.45) is 0 Å². The molecule has 0 unspecified atom stereocenters. The van der Waals surface area contributed by atoms with Gasteiger partial charge in [0.25, 0.3) is 0 Å². The molecule has 0 aliphatic rings. The van der Waals surface area contributed by atoms with Gasteiger partial charge < -0.3 is 28.9 Å². The van der Waals surface area contributed by atoms with Gasteiger partial charge in [-0.05, 0) is 161 Å². The normalized spacial score (nSPS) is 11.0. The zero-order chi connectivity index (χ0) is 64.5. The molecule has 0 spiro atoms. The molecule has 12 aromatic carbocycles. The molecule has 466 valence electrons. The molecule has 94 heavy (non-hydrogen) atoms. The SMILES string of the molecule is CC(=O)CC(C)=O.Cc1ccc(OCc2c[c-]c3c(c2)c2cc(COc4ccc(C)cc4)ccc2c2nc(-c4ccc(F)cc4)cnc32)cc1.Cc1ccc(OCc2c[c-]c3c(c2)c2cc(COc4ccc(C)cc4)ccc2c2nc(-c4ccc(F)cc4)cnc32)cc1.[Ir+3]. The van der Waals surface area contributed by atoms with Crippen LogP contribution in [0.3, 0.4) is 0 Å². The van der Waals surface area contributed by atoms with E-state index in [1.807, 2.05) is 109 Å². The Morgan fingerprint density at radius 3 is 0.989 bits per heavy atom. The molecule has 0 saturated heterocycles. The number of ether oxygens (including phenoxy) is 4. The number of halogens is 2. The maximum absolute atomic E-state index is 13.6. The number of hydrogen-bond donors (Lipinski definition) is 0. The van der Waals surface area contributed by atoms with E-state index in [0.29, 0.717) is 37.8 Å². The summed E-state index contributed by atoms with van der Waals surface area (Å²) in [4.78, 5) is 39.8. The molecule has 0 fully saturated rings. The molecule has 0 bridgehead atoms. The Hall–Kier alpha value is -10.6. The quantitative estimate of drug-likeness (QED) is 0.0525. The van der Waals surface area contributed by atoms with Gasteiger partial charge in [0, 0.05) is 34.6 Å². The summed E-state index contributed by atoms with van der Waals surface area (Å²) in [5, 5.41) is 7.83. The summed E-state index contributed by atoms with van der Waals surface area (Å²) in [7, 11) is 0. The Bertz CT molecular complexity index is 4730. The van der Waals surface area contributed by atoms with Crippen molar-refractivity contribution in [3.63, 3.8) is 0 Å². The number of carbonyl (C=O) groups is 2. The predicted octanol–water partition coefficient (Wildman–Crippen LogP) is 19.2. The van der Waals surface area contributed by atoms with E-state index in [1.54, 1.807) is 36.7 Å². The van der Waals surface area contributed by atoms with Crippen LogP contribution >= 0.6 is 0 Å². The third-order valence-electron chi connectivity index (χ3n) is 15.8. The molecule has 14 rings (SSSR count). The molecule has 14 aromatic rings. The van der Waals surface area contributed by atoms with Gasteiger partial charge >= 0.3 is 20.1 Å². The largest absolute Gasteiger partial charge is 3.00 e. The maximum atomic E-state index is 13.6. The van der Waals surface area contributed by atoms with E-state index in [2.05, 4.69) is 88.4 Å². The number of rotatable bonds is 16. The van der Waals surface area contributed by atoms with E-state index < -0.39 is 0 Å². The summed E-state index contributed by atoms with van der Waals surface area (Å²) in [5.74, 6) is 2.60. The standard InChI is InChI=1S/2C38H28FN2O2.C5H8O2.Ir/c2*1-24-3-13-30(14-4-24)42-22-26-7-17-32-34(19-26)35-20-27(23-43-31-15-5-25(2)6-16-31)8-18-33(35)38-37(32)40-21-36(41-38)28-9-11-29(39)12-10-28;1-4(6)3-5(2)7;/h2*3-16,18-21H,22-23H2,1-2H3;3H2,1-2H3;/q2*-1;;+3. The maximum Gasteiger partial charge on any atom is 3.00 e. The van der Waals surface area contributed by atoms with E-state index in [0.717, 1.165) is 122 Å². The summed E-state index contributed by atoms with van der Waals surface area (Å²) in [6, 6.07) is 72.7. The minimum Gasteiger partial charge on any atom is -0.498 e. The van der Waals surface area contributed by atoms with E-state index in [9.17, 15) is 18.4 Å². The van der Waals surface area contributed by atoms with E-state index in [1.165, 1.54) is 60.4 Å². The third kappa shape index (κ3) is 15.6. The number of fused-ring (bicyclic) bond motifs is 12. The van der Waals surface area contributed by atoms with Crippen LogP contribution in [-0.2, 0) is 56.1 Å². The number of carbonyl (C=O) groups excluding carboxylic acids is 2. The van der Waals surface area contributed by atoms with E-state index in [4.69, 9.17) is 38.9 Å². The van der Waals surface area contributed by atoms with Crippen LogP contribution in [0.25, 0.3) is 87.7 Å². The predicted molar refractivity (Wildman–Crippen MR) is 366 cm³/mol. The molecule has 0 aliphatic heterocycles. The minimum absolute atomic E-state index is 0. The molecule has 0 radical (unpaired) electrons. The van der Waals surface area contributed by atoms with Crippen LogP contribution in [0, 0.1) is 51.5 Å². The van der Waals surface area contributed by atoms with Crippen LogP contribution in [-0.4, -0.2) is 31.5 Å². The molecule has 0 N–H and O–H groups in total. The van der Waals surface area contributed by atoms with Gasteiger partial charge in [-0.25, -0.2) is 8.78 Å². The first kappa shape index (κ1) is 64.9. The van der Waals surface area contributed by atoms with Crippen LogP contribution < -0.4 is 18.9 Å². The molecule has 2 heterocycles. The fourth-order valence-electron chi connectivity index (χ4n) is 10.9. The van der Waals surface area contributed by atoms with Crippen LogP contribution in [0.4, 0.5) is 8.78 Å². The summed E-state index contributed by atoms with van der Waals surface area (Å²) in [6.07, 6.45) is 3.57. The molecule has 2 aromatic heterocycles. The molecule has 0 saturated carbocycles. The van der Waals surface area contributed by atoms with Gasteiger partial charge in [0.2, 0.25) is 0 Å². The second-order valence-corrected chi connectivity index (χ2v) is 23.3. The van der Waals surface area contributed by atoms with Crippen molar-refractivity contribution in [3.05, 3.63) is 287 Å². The first-order valence-electron chi connectivity index (χ1n) is 30.5. The molecule has 0 atom stereocenters. The Morgan fingerprint density at radius 1 is 0.372 bits per heavy atom. The first-order valence-corrected chi connectivity index (χ1v) is 30.5. The minimum atomic E-state index is -0.286. The fourth-order valence-corrected chi connectivity index (χ4v) is 10.9. The molecule has 13 heteroatoms. The van der Waals surface area contributed by atoms with Crippen molar-refractivity contribution in [1.29, 1.82) is 0 Å². The number of hydrogen-bond acceptors (Lipinski definition) is 10. The van der Waals surface area contributed by atoms with Crippen molar-refractivity contribution < 1.29 is 57.4 Å². The van der Waals surface area contributed by atoms with Gasteiger partial charge in [-0.1, -0.05) is 140 Å². The van der Waals surface area contributed by atoms with Gasteiger partial charge in [-0.15, -0.1) is 47.2 Å². The van der Waals surface area contributed by atoms with Gasteiger partial charge in [0.05, 0.1) is 42.1 Å². The van der Waals surface area contributed by atoms with Crippen molar-refractivity contribution in [1.82, 2.24) is 19.9 Å². The van der Waals surface area contributed by atoms with E-state index in [-0.39, 0.29) is 49.7 Å². The molecule has 0 amide bonds. The Balaban J connectivity index is 0.000000173. The van der Waals surface area contributed by atoms with Gasteiger partial charge in [0.15, 0.2) is 0 Å². The number of aromatic nitrogens is 4. The van der Waals surface area contributed by atoms with Crippen LogP contribution in [0.1, 0.15) is 64.8 Å². The zero-order valence-corrected chi connectivity index (χ0v) is 55.0. The summed E-state index contributed by atoms with van der Waals surface area (Å²) < 4.78 is 51.6. The summed E-state index contributed by atoms with van der Waals surface area (Å²) >= 11 is 0. The molecule has 10 nitrogen and oxygen atoms in total. The number of nitrogens with zero attached hydrogens (tertiary/aromatic N) is 4. The van der Waals surface area contributed by atoms with Crippen molar-refractivity contribution in [2.75, 3.05) is 0 Å². The van der Waals surface area contributed by atoms with E-state index >= 15 is 0 Å². The van der Waals surface area contributed by atoms with Crippen molar-refractivity contribution in [3.8, 4) is 45.5 Å². The van der Waals surface area contributed by atoms with Gasteiger partial charge in [-0.3, -0.25) is 19.6 Å². The Labute approximate surface area is 557 Å². The summed E-state index contributed by atoms with van der Waals surface area (Å²) in [5.41, 5.74) is 14.9. The average Bonchev–Trinajstić information content (AvgIpc) is 0.746. The second-order valence-electron chi connectivity index (χ2n) is 23.3.